The van der Waals surface area contributed by atoms with Gasteiger partial charge in [-0.3, -0.25) is 19.8 Å². The van der Waals surface area contributed by atoms with Crippen molar-refractivity contribution in [2.75, 3.05) is 26.2 Å². The summed E-state index contributed by atoms with van der Waals surface area (Å²) >= 11 is 0. The molecule has 2 atom stereocenters. The van der Waals surface area contributed by atoms with Crippen molar-refractivity contribution in [1.29, 1.82) is 0 Å². The summed E-state index contributed by atoms with van der Waals surface area (Å²) in [6.45, 7) is 7.35. The molecule has 1 saturated heterocycles. The molecule has 0 radical (unpaired) electrons. The monoisotopic (exact) mass is 299 g/mol. The van der Waals surface area contributed by atoms with E-state index in [9.17, 15) is 14.4 Å². The fourth-order valence-electron chi connectivity index (χ4n) is 2.40. The molecule has 0 bridgehead atoms. The normalized spacial score (nSPS) is 20.4. The summed E-state index contributed by atoms with van der Waals surface area (Å²) in [5.74, 6) is -0.762. The van der Waals surface area contributed by atoms with E-state index in [1.807, 2.05) is 4.90 Å². The number of urea groups is 1. The van der Waals surface area contributed by atoms with E-state index in [2.05, 4.69) is 10.6 Å². The zero-order valence-electron chi connectivity index (χ0n) is 13.0. The van der Waals surface area contributed by atoms with Gasteiger partial charge in [-0.05, 0) is 40.2 Å². The number of amides is 3. The highest BCUT2D eigenvalue weighted by Crippen LogP contribution is 2.19. The lowest BCUT2D eigenvalue weighted by Crippen LogP contribution is -2.52. The third-order valence-electron chi connectivity index (χ3n) is 3.57. The molecule has 21 heavy (non-hydrogen) atoms. The molecule has 1 rings (SSSR count). The van der Waals surface area contributed by atoms with Gasteiger partial charge < -0.3 is 10.1 Å². The van der Waals surface area contributed by atoms with E-state index in [4.69, 9.17) is 4.74 Å². The molecule has 0 aromatic rings. The molecule has 0 aliphatic carbocycles. The summed E-state index contributed by atoms with van der Waals surface area (Å²) < 4.78 is 5.04. The fourth-order valence-corrected chi connectivity index (χ4v) is 2.40. The van der Waals surface area contributed by atoms with Crippen LogP contribution in [0.2, 0.25) is 0 Å². The van der Waals surface area contributed by atoms with E-state index in [1.54, 1.807) is 20.8 Å². The van der Waals surface area contributed by atoms with Gasteiger partial charge >= 0.3 is 12.0 Å². The first-order chi connectivity index (χ1) is 9.99. The van der Waals surface area contributed by atoms with Gasteiger partial charge in [-0.25, -0.2) is 4.79 Å². The molecule has 1 aliphatic rings. The Balaban J connectivity index is 2.53. The number of carbonyl (C=O) groups is 3. The van der Waals surface area contributed by atoms with E-state index in [1.165, 1.54) is 0 Å². The van der Waals surface area contributed by atoms with Crippen LogP contribution in [0, 0.1) is 5.92 Å². The Morgan fingerprint density at radius 1 is 1.33 bits per heavy atom. The number of hydrogen-bond acceptors (Lipinski definition) is 5. The quantitative estimate of drug-likeness (QED) is 0.722. The number of nitrogens with one attached hydrogen (secondary N) is 2. The predicted octanol–water partition coefficient (Wildman–Crippen LogP) is 0.496. The van der Waals surface area contributed by atoms with Crippen LogP contribution in [-0.2, 0) is 14.3 Å². The smallest absolute Gasteiger partial charge is 0.321 e. The molecular weight excluding hydrogens is 274 g/mol. The number of carbonyl (C=O) groups excluding carboxylic acids is 3. The van der Waals surface area contributed by atoms with Gasteiger partial charge in [0.2, 0.25) is 5.91 Å². The standard InChI is InChI=1S/C14H25N3O4/c1-4-15-14(20)16-12(18)10(3)17-8-6-7-11(9-17)13(19)21-5-2/h10-11H,4-9H2,1-3H3,(H2,15,16,18,20). The van der Waals surface area contributed by atoms with E-state index in [0.29, 0.717) is 19.7 Å². The van der Waals surface area contributed by atoms with Crippen molar-refractivity contribution in [3.05, 3.63) is 0 Å². The first kappa shape index (κ1) is 17.4. The zero-order valence-corrected chi connectivity index (χ0v) is 13.0. The molecule has 7 heteroatoms. The number of nitrogens with zero attached hydrogens (tertiary/aromatic N) is 1. The lowest BCUT2D eigenvalue weighted by Gasteiger charge is -2.34. The highest BCUT2D eigenvalue weighted by Gasteiger charge is 2.31. The van der Waals surface area contributed by atoms with Crippen LogP contribution in [0.5, 0.6) is 0 Å². The molecule has 0 saturated carbocycles. The SMILES string of the molecule is CCNC(=O)NC(=O)C(C)N1CCCC(C(=O)OCC)C1. The van der Waals surface area contributed by atoms with Crippen molar-refractivity contribution in [1.82, 2.24) is 15.5 Å². The third kappa shape index (κ3) is 5.34. The molecule has 1 fully saturated rings. The largest absolute Gasteiger partial charge is 0.466 e. The Hall–Kier alpha value is -1.63. The number of ether oxygens (including phenoxy) is 1. The van der Waals surface area contributed by atoms with Gasteiger partial charge in [-0.15, -0.1) is 0 Å². The molecule has 0 aromatic heterocycles. The van der Waals surface area contributed by atoms with Crippen molar-refractivity contribution >= 4 is 17.9 Å². The minimum Gasteiger partial charge on any atom is -0.466 e. The first-order valence-corrected chi connectivity index (χ1v) is 7.48. The van der Waals surface area contributed by atoms with Gasteiger partial charge in [-0.1, -0.05) is 0 Å². The van der Waals surface area contributed by atoms with E-state index < -0.39 is 12.1 Å². The lowest BCUT2D eigenvalue weighted by atomic mass is 9.97. The Kier molecular flexibility index (Phi) is 7.14. The number of hydrogen-bond donors (Lipinski definition) is 2. The Bertz CT molecular complexity index is 386. The zero-order chi connectivity index (χ0) is 15.8. The Labute approximate surface area is 125 Å². The van der Waals surface area contributed by atoms with Gasteiger partial charge in [-0.2, -0.15) is 0 Å². The van der Waals surface area contributed by atoms with Crippen LogP contribution in [-0.4, -0.2) is 55.1 Å². The minimum absolute atomic E-state index is 0.196. The van der Waals surface area contributed by atoms with E-state index in [-0.39, 0.29) is 17.8 Å². The summed E-state index contributed by atoms with van der Waals surface area (Å²) in [5.41, 5.74) is 0. The van der Waals surface area contributed by atoms with Crippen molar-refractivity contribution in [2.24, 2.45) is 5.92 Å². The van der Waals surface area contributed by atoms with Crippen LogP contribution in [0.15, 0.2) is 0 Å². The van der Waals surface area contributed by atoms with Gasteiger partial charge in [0, 0.05) is 13.1 Å². The highest BCUT2D eigenvalue weighted by molar-refractivity contribution is 5.96. The maximum absolute atomic E-state index is 12.0. The van der Waals surface area contributed by atoms with E-state index in [0.717, 1.165) is 19.4 Å². The Morgan fingerprint density at radius 2 is 2.05 bits per heavy atom. The van der Waals surface area contributed by atoms with Crippen molar-refractivity contribution in [3.63, 3.8) is 0 Å². The fraction of sp³-hybridized carbons (Fsp3) is 0.786. The number of piperidine rings is 1. The van der Waals surface area contributed by atoms with Crippen LogP contribution in [0.1, 0.15) is 33.6 Å². The second-order valence-electron chi connectivity index (χ2n) is 5.11. The molecule has 0 spiro atoms. The van der Waals surface area contributed by atoms with Crippen LogP contribution >= 0.6 is 0 Å². The second-order valence-corrected chi connectivity index (χ2v) is 5.11. The second kappa shape index (κ2) is 8.61. The lowest BCUT2D eigenvalue weighted by molar-refractivity contribution is -0.151. The number of imide groups is 1. The maximum Gasteiger partial charge on any atom is 0.321 e. The van der Waals surface area contributed by atoms with Crippen LogP contribution < -0.4 is 10.6 Å². The topological polar surface area (TPSA) is 87.7 Å². The van der Waals surface area contributed by atoms with Gasteiger partial charge in [0.15, 0.2) is 0 Å². The van der Waals surface area contributed by atoms with Crippen molar-refractivity contribution < 1.29 is 19.1 Å². The predicted molar refractivity (Wildman–Crippen MR) is 77.6 cm³/mol. The number of likely N-dealkylation sites (tertiary alicyclic amines) is 1. The molecule has 3 amide bonds. The number of esters is 1. The Morgan fingerprint density at radius 3 is 2.67 bits per heavy atom. The molecule has 2 unspecified atom stereocenters. The van der Waals surface area contributed by atoms with Gasteiger partial charge in [0.25, 0.3) is 0 Å². The summed E-state index contributed by atoms with van der Waals surface area (Å²) in [6, 6.07) is -0.946. The summed E-state index contributed by atoms with van der Waals surface area (Å²) in [5, 5.41) is 4.81. The average Bonchev–Trinajstić information content (AvgIpc) is 2.47. The summed E-state index contributed by atoms with van der Waals surface area (Å²) in [7, 11) is 0. The van der Waals surface area contributed by atoms with Crippen LogP contribution in [0.3, 0.4) is 0 Å². The number of rotatable bonds is 5. The minimum atomic E-state index is -0.492. The van der Waals surface area contributed by atoms with Crippen LogP contribution in [0.25, 0.3) is 0 Å². The van der Waals surface area contributed by atoms with Crippen molar-refractivity contribution in [2.45, 2.75) is 39.7 Å². The summed E-state index contributed by atoms with van der Waals surface area (Å²) in [6.07, 6.45) is 1.61. The van der Waals surface area contributed by atoms with Gasteiger partial charge in [0.1, 0.15) is 0 Å². The van der Waals surface area contributed by atoms with Gasteiger partial charge in [0.05, 0.1) is 18.6 Å². The van der Waals surface area contributed by atoms with E-state index >= 15 is 0 Å². The maximum atomic E-state index is 12.0. The molecule has 120 valence electrons. The molecular formula is C14H25N3O4. The van der Waals surface area contributed by atoms with Crippen LogP contribution in [0.4, 0.5) is 4.79 Å². The van der Waals surface area contributed by atoms with Crippen molar-refractivity contribution in [3.8, 4) is 0 Å². The average molecular weight is 299 g/mol. The first-order valence-electron chi connectivity index (χ1n) is 7.48. The summed E-state index contributed by atoms with van der Waals surface area (Å²) in [4.78, 5) is 37.1. The molecule has 0 aromatic carbocycles. The molecule has 1 aliphatic heterocycles. The molecule has 1 heterocycles. The molecule has 7 nitrogen and oxygen atoms in total. The molecule has 2 N–H and O–H groups in total. The highest BCUT2D eigenvalue weighted by atomic mass is 16.5. The third-order valence-corrected chi connectivity index (χ3v) is 3.57.